The fourth-order valence-electron chi connectivity index (χ4n) is 7.67. The molecule has 1 heterocycles. The molecule has 6 N–H and O–H groups in total. The number of benzene rings is 5. The molecule has 0 saturated carbocycles. The molecule has 0 radical (unpaired) electrons. The normalized spacial score (nSPS) is 15.4. The molecular weight excluding hydrogens is 731 g/mol. The summed E-state index contributed by atoms with van der Waals surface area (Å²) in [6, 6.07) is 20.7. The summed E-state index contributed by atoms with van der Waals surface area (Å²) in [6.07, 6.45) is 3.10. The van der Waals surface area contributed by atoms with Crippen LogP contribution in [0.15, 0.2) is 94.7 Å². The lowest BCUT2D eigenvalue weighted by Gasteiger charge is -2.19. The number of rotatable bonds is 4. The predicted octanol–water partition coefficient (Wildman–Crippen LogP) is 6.40. The van der Waals surface area contributed by atoms with Crippen LogP contribution in [-0.2, 0) is 51.3 Å². The summed E-state index contributed by atoms with van der Waals surface area (Å²) in [7, 11) is -7.66. The molecule has 1 aliphatic carbocycles. The summed E-state index contributed by atoms with van der Waals surface area (Å²) >= 11 is 0. The van der Waals surface area contributed by atoms with Crippen molar-refractivity contribution in [1.29, 1.82) is 0 Å². The van der Waals surface area contributed by atoms with Gasteiger partial charge in [0.2, 0.25) is 5.69 Å². The topological polar surface area (TPSA) is 193 Å². The zero-order valence-electron chi connectivity index (χ0n) is 29.6. The molecule has 2 aliphatic rings. The van der Waals surface area contributed by atoms with E-state index in [0.29, 0.717) is 27.8 Å². The van der Waals surface area contributed by atoms with Crippen molar-refractivity contribution in [1.82, 2.24) is 0 Å². The Labute approximate surface area is 313 Å². The maximum atomic E-state index is 12.5. The monoisotopic (exact) mass is 768 g/mol. The second-order valence-corrected chi connectivity index (χ2v) is 17.2. The van der Waals surface area contributed by atoms with Crippen LogP contribution in [0.2, 0.25) is 0 Å². The van der Waals surface area contributed by atoms with Crippen LogP contribution in [0.25, 0.3) is 6.08 Å². The van der Waals surface area contributed by atoms with Crippen LogP contribution >= 0.6 is 0 Å². The lowest BCUT2D eigenvalue weighted by Crippen LogP contribution is -2.26. The van der Waals surface area contributed by atoms with Crippen molar-refractivity contribution in [3.05, 3.63) is 141 Å². The van der Waals surface area contributed by atoms with Crippen molar-refractivity contribution >= 4 is 37.7 Å². The predicted molar refractivity (Wildman–Crippen MR) is 203 cm³/mol. The van der Waals surface area contributed by atoms with Gasteiger partial charge in [0.25, 0.3) is 20.2 Å². The first-order valence-corrected chi connectivity index (χ1v) is 19.9. The van der Waals surface area contributed by atoms with Gasteiger partial charge in [-0.05, 0) is 84.1 Å². The van der Waals surface area contributed by atoms with Crippen LogP contribution in [-0.4, -0.2) is 63.7 Å². The van der Waals surface area contributed by atoms with Crippen LogP contribution < -0.4 is 0 Å². The van der Waals surface area contributed by atoms with Gasteiger partial charge in [0.1, 0.15) is 30.0 Å². The summed E-state index contributed by atoms with van der Waals surface area (Å²) < 4.78 is 71.8. The highest BCUT2D eigenvalue weighted by atomic mass is 32.2. The van der Waals surface area contributed by atoms with Crippen molar-refractivity contribution < 1.29 is 50.9 Å². The molecule has 278 valence electrons. The highest BCUT2D eigenvalue weighted by Crippen LogP contribution is 2.41. The molecule has 7 rings (SSSR count). The second-order valence-electron chi connectivity index (χ2n) is 14.4. The number of allylic oxidation sites excluding steroid dienone is 1. The Balaban J connectivity index is 1.45. The standard InChI is InChI=1S/C41H37NO10S2/c1-41(2)34-9-4-5-10-35(34)42(3)36(41)12-11-23-13-26-15-24-7-6-8-25(37(24)43)16-28-19-32(53(47,48)49)21-30(39(28)45)18-31-22-33(54(50,51)52)20-29(40(31)46)17-27(14-23)38(26)44/h4-14,19-22H,15-18H2,1-3H3,(H5,43,45,46,47,48,49,50,51,52)/p+1. The van der Waals surface area contributed by atoms with Gasteiger partial charge in [0, 0.05) is 65.6 Å². The largest absolute Gasteiger partial charge is 0.507 e. The first-order chi connectivity index (χ1) is 25.3. The fourth-order valence-corrected chi connectivity index (χ4v) is 8.84. The smallest absolute Gasteiger partial charge is 0.294 e. The van der Waals surface area contributed by atoms with Crippen molar-refractivity contribution in [3.8, 4) is 23.0 Å². The number of phenols is 4. The number of para-hydroxylation sites is 2. The third-order valence-electron chi connectivity index (χ3n) is 10.5. The first-order valence-electron chi connectivity index (χ1n) is 17.0. The molecule has 0 fully saturated rings. The van der Waals surface area contributed by atoms with Gasteiger partial charge in [-0.3, -0.25) is 9.11 Å². The fraction of sp³-hybridized carbons (Fsp3) is 0.195. The van der Waals surface area contributed by atoms with E-state index in [1.54, 1.807) is 30.3 Å². The Morgan fingerprint density at radius 2 is 0.944 bits per heavy atom. The van der Waals surface area contributed by atoms with Gasteiger partial charge in [-0.25, -0.2) is 0 Å². The zero-order valence-corrected chi connectivity index (χ0v) is 31.2. The Hall–Kier alpha value is -5.47. The van der Waals surface area contributed by atoms with E-state index in [0.717, 1.165) is 35.7 Å². The number of phenolic OH excluding ortho intramolecular Hbond substituents is 4. The van der Waals surface area contributed by atoms with Gasteiger partial charge in [-0.15, -0.1) is 0 Å². The molecule has 5 aromatic rings. The molecule has 13 heteroatoms. The SMILES string of the molecule is C[N+]1=C(/C=C/c2cc3c(O)c(c2)Cc2cc(S(=O)(=O)O)cc(c2O)Cc2cc(S(=O)(=O)O)cc(c2O)Cc2cccc(c2O)C3)C(C)(C)c2ccccc21. The summed E-state index contributed by atoms with van der Waals surface area (Å²) in [5, 5.41) is 46.2. The summed E-state index contributed by atoms with van der Waals surface area (Å²) in [4.78, 5) is -1.14. The van der Waals surface area contributed by atoms with Gasteiger partial charge < -0.3 is 20.4 Å². The van der Waals surface area contributed by atoms with Gasteiger partial charge in [0.05, 0.1) is 15.2 Å². The molecule has 11 nitrogen and oxygen atoms in total. The first kappa shape index (κ1) is 36.9. The number of hydrogen-bond acceptors (Lipinski definition) is 8. The third-order valence-corrected chi connectivity index (χ3v) is 12.1. The Morgan fingerprint density at radius 1 is 0.556 bits per heavy atom. The summed E-state index contributed by atoms with van der Waals surface area (Å²) in [5.41, 5.74) is 4.88. The number of aromatic hydroxyl groups is 4. The minimum Gasteiger partial charge on any atom is -0.507 e. The van der Waals surface area contributed by atoms with E-state index < -0.39 is 47.9 Å². The minimum atomic E-state index is -4.84. The van der Waals surface area contributed by atoms with Crippen molar-refractivity contribution in [2.75, 3.05) is 7.05 Å². The molecule has 0 aromatic heterocycles. The van der Waals surface area contributed by atoms with Gasteiger partial charge in [-0.2, -0.15) is 21.4 Å². The van der Waals surface area contributed by atoms with E-state index >= 15 is 0 Å². The van der Waals surface area contributed by atoms with E-state index in [4.69, 9.17) is 0 Å². The zero-order chi connectivity index (χ0) is 38.9. The summed E-state index contributed by atoms with van der Waals surface area (Å²) in [5.74, 6) is -1.12. The van der Waals surface area contributed by atoms with Crippen LogP contribution in [0.1, 0.15) is 69.5 Å². The van der Waals surface area contributed by atoms with Crippen LogP contribution in [0.4, 0.5) is 5.69 Å². The molecular formula is C41H38NO10S2+. The van der Waals surface area contributed by atoms with Crippen LogP contribution in [0.3, 0.4) is 0 Å². The average molecular weight is 769 g/mol. The number of nitrogens with zero attached hydrogens (tertiary/aromatic N) is 1. The lowest BCUT2D eigenvalue weighted by molar-refractivity contribution is -0.401. The summed E-state index contributed by atoms with van der Waals surface area (Å²) in [6.45, 7) is 4.27. The van der Waals surface area contributed by atoms with Crippen molar-refractivity contribution in [2.45, 2.75) is 54.7 Å². The highest BCUT2D eigenvalue weighted by molar-refractivity contribution is 7.86. The van der Waals surface area contributed by atoms with Crippen LogP contribution in [0, 0.1) is 0 Å². The third kappa shape index (κ3) is 6.64. The molecule has 1 aliphatic heterocycles. The van der Waals surface area contributed by atoms with Crippen LogP contribution in [0.5, 0.6) is 23.0 Å². The molecule has 0 atom stereocenters. The molecule has 0 saturated heterocycles. The lowest BCUT2D eigenvalue weighted by atomic mass is 9.81. The molecule has 5 aromatic carbocycles. The Morgan fingerprint density at radius 3 is 1.37 bits per heavy atom. The molecule has 54 heavy (non-hydrogen) atoms. The van der Waals surface area contributed by atoms with Gasteiger partial charge >= 0.3 is 0 Å². The molecule has 0 amide bonds. The quantitative estimate of drug-likeness (QED) is 0.0864. The number of fused-ring (bicyclic) bond motifs is 9. The molecule has 0 unspecified atom stereocenters. The van der Waals surface area contributed by atoms with E-state index in [1.165, 1.54) is 5.56 Å². The van der Waals surface area contributed by atoms with Gasteiger partial charge in [-0.1, -0.05) is 36.4 Å². The highest BCUT2D eigenvalue weighted by Gasteiger charge is 2.42. The maximum absolute atomic E-state index is 12.5. The van der Waals surface area contributed by atoms with Crippen molar-refractivity contribution in [3.63, 3.8) is 0 Å². The van der Waals surface area contributed by atoms with E-state index in [2.05, 4.69) is 30.6 Å². The molecule has 0 spiro atoms. The molecule has 8 bridgehead atoms. The van der Waals surface area contributed by atoms with E-state index in [-0.39, 0.29) is 58.4 Å². The second kappa shape index (κ2) is 13.1. The van der Waals surface area contributed by atoms with E-state index in [9.17, 15) is 46.4 Å². The Bertz CT molecular complexity index is 2700. The Kier molecular flexibility index (Phi) is 8.96. The minimum absolute atomic E-state index is 0.00609. The number of hydrogen-bond donors (Lipinski definition) is 6. The average Bonchev–Trinajstić information content (AvgIpc) is 3.29. The van der Waals surface area contributed by atoms with Gasteiger partial charge in [0.15, 0.2) is 5.71 Å². The van der Waals surface area contributed by atoms with E-state index in [1.807, 2.05) is 31.3 Å². The van der Waals surface area contributed by atoms with Crippen molar-refractivity contribution in [2.24, 2.45) is 0 Å². The maximum Gasteiger partial charge on any atom is 0.294 e.